The first kappa shape index (κ1) is 12.4. The fourth-order valence-electron chi connectivity index (χ4n) is 2.99. The van der Waals surface area contributed by atoms with Gasteiger partial charge in [-0.25, -0.2) is 0 Å². The Balaban J connectivity index is 1.64. The third-order valence-corrected chi connectivity index (χ3v) is 4.75. The molecule has 2 rings (SSSR count). The van der Waals surface area contributed by atoms with E-state index in [1.165, 1.54) is 45.2 Å². The number of hydrogen-bond acceptors (Lipinski definition) is 2. The van der Waals surface area contributed by atoms with Gasteiger partial charge in [0.25, 0.3) is 0 Å². The Morgan fingerprint density at radius 3 is 2.56 bits per heavy atom. The molecule has 0 aliphatic heterocycles. The van der Waals surface area contributed by atoms with E-state index >= 15 is 0 Å². The Morgan fingerprint density at radius 1 is 1.12 bits per heavy atom. The summed E-state index contributed by atoms with van der Waals surface area (Å²) in [5.74, 6) is 1.77. The lowest BCUT2D eigenvalue weighted by Gasteiger charge is -2.35. The van der Waals surface area contributed by atoms with Gasteiger partial charge in [-0.2, -0.15) is 0 Å². The second kappa shape index (κ2) is 5.50. The predicted octanol–water partition coefficient (Wildman–Crippen LogP) is 2.49. The molecule has 2 fully saturated rings. The molecule has 3 unspecified atom stereocenters. The molecule has 2 aliphatic carbocycles. The molecule has 3 atom stereocenters. The van der Waals surface area contributed by atoms with E-state index in [4.69, 9.17) is 0 Å². The highest BCUT2D eigenvalue weighted by Gasteiger charge is 2.28. The minimum absolute atomic E-state index is 0.774. The molecule has 0 aromatic carbocycles. The average molecular weight is 224 g/mol. The van der Waals surface area contributed by atoms with Crippen molar-refractivity contribution in [1.29, 1.82) is 0 Å². The van der Waals surface area contributed by atoms with Crippen LogP contribution >= 0.6 is 0 Å². The number of hydrogen-bond donors (Lipinski definition) is 1. The lowest BCUT2D eigenvalue weighted by molar-refractivity contribution is 0.200. The van der Waals surface area contributed by atoms with Gasteiger partial charge in [-0.15, -0.1) is 0 Å². The van der Waals surface area contributed by atoms with Crippen LogP contribution < -0.4 is 5.32 Å². The van der Waals surface area contributed by atoms with Gasteiger partial charge in [-0.05, 0) is 38.1 Å². The molecule has 0 aromatic rings. The normalized spacial score (nSPS) is 35.6. The number of rotatable bonds is 5. The fourth-order valence-corrected chi connectivity index (χ4v) is 2.99. The van der Waals surface area contributed by atoms with Gasteiger partial charge < -0.3 is 10.2 Å². The van der Waals surface area contributed by atoms with Gasteiger partial charge in [0.1, 0.15) is 0 Å². The fraction of sp³-hybridized carbons (Fsp3) is 1.00. The standard InChI is InChI=1S/C14H28N2/c1-11-5-4-6-14(12(11)2)15-9-10-16(3)13-7-8-13/h11-15H,4-10H2,1-3H3. The average Bonchev–Trinajstić information content (AvgIpc) is 3.07. The van der Waals surface area contributed by atoms with E-state index in [9.17, 15) is 0 Å². The first-order valence-corrected chi connectivity index (χ1v) is 7.12. The molecular formula is C14H28N2. The summed E-state index contributed by atoms with van der Waals surface area (Å²) in [6, 6.07) is 1.68. The molecular weight excluding hydrogens is 196 g/mol. The largest absolute Gasteiger partial charge is 0.312 e. The molecule has 0 spiro atoms. The van der Waals surface area contributed by atoms with Gasteiger partial charge in [0.15, 0.2) is 0 Å². The highest BCUT2D eigenvalue weighted by Crippen LogP contribution is 2.29. The van der Waals surface area contributed by atoms with E-state index < -0.39 is 0 Å². The lowest BCUT2D eigenvalue weighted by atomic mass is 9.78. The van der Waals surface area contributed by atoms with Crippen LogP contribution in [0.25, 0.3) is 0 Å². The van der Waals surface area contributed by atoms with Crippen LogP contribution in [0.5, 0.6) is 0 Å². The zero-order valence-corrected chi connectivity index (χ0v) is 11.2. The van der Waals surface area contributed by atoms with Crippen molar-refractivity contribution < 1.29 is 0 Å². The lowest BCUT2D eigenvalue weighted by Crippen LogP contribution is -2.43. The molecule has 0 saturated heterocycles. The minimum Gasteiger partial charge on any atom is -0.312 e. The zero-order valence-electron chi connectivity index (χ0n) is 11.2. The molecule has 0 radical (unpaired) electrons. The highest BCUT2D eigenvalue weighted by molar-refractivity contribution is 4.85. The van der Waals surface area contributed by atoms with E-state index in [0.29, 0.717) is 0 Å². The maximum atomic E-state index is 3.77. The quantitative estimate of drug-likeness (QED) is 0.772. The Kier molecular flexibility index (Phi) is 4.26. The van der Waals surface area contributed by atoms with Crippen molar-refractivity contribution in [1.82, 2.24) is 10.2 Å². The van der Waals surface area contributed by atoms with Gasteiger partial charge in [-0.1, -0.05) is 26.7 Å². The van der Waals surface area contributed by atoms with Crippen LogP contribution in [-0.2, 0) is 0 Å². The van der Waals surface area contributed by atoms with Crippen LogP contribution in [0.3, 0.4) is 0 Å². The Labute approximate surface area is 101 Å². The van der Waals surface area contributed by atoms with Gasteiger partial charge in [0.05, 0.1) is 0 Å². The van der Waals surface area contributed by atoms with Crippen molar-refractivity contribution >= 4 is 0 Å². The van der Waals surface area contributed by atoms with Crippen molar-refractivity contribution in [3.05, 3.63) is 0 Å². The molecule has 0 bridgehead atoms. The topological polar surface area (TPSA) is 15.3 Å². The summed E-state index contributed by atoms with van der Waals surface area (Å²) in [6.07, 6.45) is 7.09. The van der Waals surface area contributed by atoms with Gasteiger partial charge in [-0.3, -0.25) is 0 Å². The van der Waals surface area contributed by atoms with Crippen LogP contribution in [0.4, 0.5) is 0 Å². The molecule has 2 aliphatic rings. The Morgan fingerprint density at radius 2 is 1.88 bits per heavy atom. The predicted molar refractivity (Wildman–Crippen MR) is 69.6 cm³/mol. The third-order valence-electron chi connectivity index (χ3n) is 4.75. The van der Waals surface area contributed by atoms with Gasteiger partial charge in [0, 0.05) is 25.2 Å². The Bertz CT molecular complexity index is 213. The number of nitrogens with zero attached hydrogens (tertiary/aromatic N) is 1. The SMILES string of the molecule is CC1CCCC(NCCN(C)C2CC2)C1C. The molecule has 0 aromatic heterocycles. The summed E-state index contributed by atoms with van der Waals surface area (Å²) in [5.41, 5.74) is 0. The highest BCUT2D eigenvalue weighted by atomic mass is 15.2. The second-order valence-electron chi connectivity index (χ2n) is 6.04. The summed E-state index contributed by atoms with van der Waals surface area (Å²) in [7, 11) is 2.27. The van der Waals surface area contributed by atoms with Crippen molar-refractivity contribution in [3.8, 4) is 0 Å². The maximum absolute atomic E-state index is 3.77. The van der Waals surface area contributed by atoms with E-state index in [0.717, 1.165) is 23.9 Å². The van der Waals surface area contributed by atoms with Crippen LogP contribution in [0.15, 0.2) is 0 Å². The summed E-state index contributed by atoms with van der Waals surface area (Å²) in [6.45, 7) is 7.23. The third kappa shape index (κ3) is 3.21. The van der Waals surface area contributed by atoms with Crippen LogP contribution in [0, 0.1) is 11.8 Å². The first-order valence-electron chi connectivity index (χ1n) is 7.12. The molecule has 2 heteroatoms. The van der Waals surface area contributed by atoms with Crippen molar-refractivity contribution in [3.63, 3.8) is 0 Å². The van der Waals surface area contributed by atoms with Crippen LogP contribution in [0.2, 0.25) is 0 Å². The minimum atomic E-state index is 0.774. The van der Waals surface area contributed by atoms with Crippen molar-refractivity contribution in [2.45, 2.75) is 58.0 Å². The van der Waals surface area contributed by atoms with Gasteiger partial charge >= 0.3 is 0 Å². The molecule has 2 nitrogen and oxygen atoms in total. The smallest absolute Gasteiger partial charge is 0.0107 e. The summed E-state index contributed by atoms with van der Waals surface area (Å²) >= 11 is 0. The van der Waals surface area contributed by atoms with E-state index in [1.807, 2.05) is 0 Å². The number of nitrogens with one attached hydrogen (secondary N) is 1. The molecule has 0 heterocycles. The number of likely N-dealkylation sites (N-methyl/N-ethyl adjacent to an activating group) is 1. The molecule has 1 N–H and O–H groups in total. The summed E-state index contributed by atoms with van der Waals surface area (Å²) in [5, 5.41) is 3.77. The molecule has 16 heavy (non-hydrogen) atoms. The maximum Gasteiger partial charge on any atom is 0.0107 e. The Hall–Kier alpha value is -0.0800. The first-order chi connectivity index (χ1) is 7.68. The van der Waals surface area contributed by atoms with E-state index in [-0.39, 0.29) is 0 Å². The van der Waals surface area contributed by atoms with Crippen molar-refractivity contribution in [2.75, 3.05) is 20.1 Å². The van der Waals surface area contributed by atoms with Crippen LogP contribution in [0.1, 0.15) is 46.0 Å². The van der Waals surface area contributed by atoms with E-state index in [2.05, 4.69) is 31.1 Å². The zero-order chi connectivity index (χ0) is 11.5. The molecule has 0 amide bonds. The van der Waals surface area contributed by atoms with Gasteiger partial charge in [0.2, 0.25) is 0 Å². The summed E-state index contributed by atoms with van der Waals surface area (Å²) in [4.78, 5) is 2.52. The van der Waals surface area contributed by atoms with Crippen molar-refractivity contribution in [2.24, 2.45) is 11.8 Å². The summed E-state index contributed by atoms with van der Waals surface area (Å²) < 4.78 is 0. The van der Waals surface area contributed by atoms with Crippen LogP contribution in [-0.4, -0.2) is 37.1 Å². The molecule has 94 valence electrons. The van der Waals surface area contributed by atoms with E-state index in [1.54, 1.807) is 0 Å². The molecule has 2 saturated carbocycles. The second-order valence-corrected chi connectivity index (χ2v) is 6.04. The monoisotopic (exact) mass is 224 g/mol.